The third kappa shape index (κ3) is 5.65. The fraction of sp³-hybridized carbons (Fsp3) is 0.250. The van der Waals surface area contributed by atoms with E-state index >= 15 is 0 Å². The Kier molecular flexibility index (Phi) is 7.06. The second kappa shape index (κ2) is 9.85. The van der Waals surface area contributed by atoms with Gasteiger partial charge in [-0.2, -0.15) is 13.1 Å². The van der Waals surface area contributed by atoms with Crippen LogP contribution in [0.15, 0.2) is 52.9 Å². The molecule has 0 aliphatic rings. The number of aromatic nitrogens is 3. The van der Waals surface area contributed by atoms with Gasteiger partial charge in [0.15, 0.2) is 15.1 Å². The predicted octanol–water partition coefficient (Wildman–Crippen LogP) is 1.79. The van der Waals surface area contributed by atoms with Crippen molar-refractivity contribution in [1.29, 1.82) is 0 Å². The standard InChI is InChI=1S/C20H21N5O6S3/c1-30-9-10-33(26,27)18(19-25-24-17(31-19)12-22-34(21,28)29)20-23-15-8-7-14(11-16(15)32-20)13-5-3-2-4-6-13/h2-8,11,18,22H,9-10,12H2,1H3,(H2,21,28,29). The number of methoxy groups -OCH3 is 1. The van der Waals surface area contributed by atoms with Crippen molar-refractivity contribution in [1.82, 2.24) is 19.9 Å². The van der Waals surface area contributed by atoms with Crippen LogP contribution in [0.3, 0.4) is 0 Å². The van der Waals surface area contributed by atoms with E-state index in [1.54, 1.807) is 0 Å². The van der Waals surface area contributed by atoms with Crippen molar-refractivity contribution in [3.63, 3.8) is 0 Å². The van der Waals surface area contributed by atoms with Crippen LogP contribution in [0, 0.1) is 0 Å². The van der Waals surface area contributed by atoms with E-state index in [9.17, 15) is 16.8 Å². The zero-order chi connectivity index (χ0) is 24.3. The second-order valence-corrected chi connectivity index (χ2v) is 11.9. The van der Waals surface area contributed by atoms with Gasteiger partial charge in [0.05, 0.1) is 29.1 Å². The molecule has 3 N–H and O–H groups in total. The number of rotatable bonds is 10. The Labute approximate surface area is 200 Å². The fourth-order valence-corrected chi connectivity index (χ4v) is 6.49. The Balaban J connectivity index is 1.74. The van der Waals surface area contributed by atoms with E-state index in [4.69, 9.17) is 14.3 Å². The lowest BCUT2D eigenvalue weighted by molar-refractivity contribution is 0.217. The van der Waals surface area contributed by atoms with E-state index in [1.807, 2.05) is 53.3 Å². The van der Waals surface area contributed by atoms with Gasteiger partial charge in [0, 0.05) is 7.11 Å². The molecule has 0 spiro atoms. The molecule has 2 heterocycles. The quantitative estimate of drug-likeness (QED) is 0.315. The molecule has 0 saturated carbocycles. The van der Waals surface area contributed by atoms with Crippen molar-refractivity contribution in [2.75, 3.05) is 19.5 Å². The number of nitrogens with zero attached hydrogens (tertiary/aromatic N) is 3. The molecule has 1 unspecified atom stereocenters. The molecule has 0 bridgehead atoms. The van der Waals surface area contributed by atoms with Gasteiger partial charge in [-0.15, -0.1) is 21.5 Å². The van der Waals surface area contributed by atoms with Gasteiger partial charge in [-0.1, -0.05) is 36.4 Å². The molecule has 180 valence electrons. The van der Waals surface area contributed by atoms with Crippen LogP contribution in [0.4, 0.5) is 0 Å². The maximum Gasteiger partial charge on any atom is 0.274 e. The average Bonchev–Trinajstić information content (AvgIpc) is 3.43. The van der Waals surface area contributed by atoms with Crippen LogP contribution < -0.4 is 9.86 Å². The van der Waals surface area contributed by atoms with E-state index in [2.05, 4.69) is 15.2 Å². The van der Waals surface area contributed by atoms with E-state index in [0.29, 0.717) is 5.52 Å². The summed E-state index contributed by atoms with van der Waals surface area (Å²) in [6, 6.07) is 15.5. The molecule has 4 aromatic rings. The first-order valence-electron chi connectivity index (χ1n) is 9.92. The topological polar surface area (TPSA) is 167 Å². The smallest absolute Gasteiger partial charge is 0.274 e. The van der Waals surface area contributed by atoms with Gasteiger partial charge in [-0.3, -0.25) is 0 Å². The number of hydrogen-bond acceptors (Lipinski definition) is 10. The van der Waals surface area contributed by atoms with Gasteiger partial charge in [0.25, 0.3) is 10.2 Å². The van der Waals surface area contributed by atoms with Crippen LogP contribution in [0.25, 0.3) is 21.3 Å². The van der Waals surface area contributed by atoms with Crippen molar-refractivity contribution in [3.8, 4) is 11.1 Å². The second-order valence-electron chi connectivity index (χ2n) is 7.24. The minimum Gasteiger partial charge on any atom is -0.422 e. The van der Waals surface area contributed by atoms with Crippen LogP contribution in [0.1, 0.15) is 22.0 Å². The summed E-state index contributed by atoms with van der Waals surface area (Å²) in [5, 5.41) is 11.4. The molecule has 0 amide bonds. The normalized spacial score (nSPS) is 13.4. The molecular weight excluding hydrogens is 502 g/mol. The highest BCUT2D eigenvalue weighted by atomic mass is 32.2. The third-order valence-electron chi connectivity index (χ3n) is 4.80. The highest BCUT2D eigenvalue weighted by Crippen LogP contribution is 2.37. The number of hydrogen-bond donors (Lipinski definition) is 2. The number of fused-ring (bicyclic) bond motifs is 1. The predicted molar refractivity (Wildman–Crippen MR) is 127 cm³/mol. The SMILES string of the molecule is COCCS(=O)(=O)C(c1nnc(CNS(N)(=O)=O)o1)c1nc2ccc(-c3ccccc3)cc2s1. The molecule has 0 aliphatic heterocycles. The first kappa shape index (κ1) is 24.4. The monoisotopic (exact) mass is 523 g/mol. The lowest BCUT2D eigenvalue weighted by Crippen LogP contribution is -2.30. The zero-order valence-corrected chi connectivity index (χ0v) is 20.4. The summed E-state index contributed by atoms with van der Waals surface area (Å²) in [6.07, 6.45) is 0. The van der Waals surface area contributed by atoms with Crippen molar-refractivity contribution in [3.05, 3.63) is 65.3 Å². The molecule has 14 heteroatoms. The highest BCUT2D eigenvalue weighted by molar-refractivity contribution is 7.92. The average molecular weight is 524 g/mol. The van der Waals surface area contributed by atoms with Crippen LogP contribution in [0.2, 0.25) is 0 Å². The Morgan fingerprint density at radius 1 is 1.09 bits per heavy atom. The zero-order valence-electron chi connectivity index (χ0n) is 17.9. The lowest BCUT2D eigenvalue weighted by atomic mass is 10.1. The maximum absolute atomic E-state index is 13.2. The molecule has 0 fully saturated rings. The maximum atomic E-state index is 13.2. The van der Waals surface area contributed by atoms with Gasteiger partial charge < -0.3 is 9.15 Å². The molecule has 2 aromatic carbocycles. The molecule has 2 aromatic heterocycles. The van der Waals surface area contributed by atoms with E-state index in [-0.39, 0.29) is 35.7 Å². The molecule has 0 saturated heterocycles. The summed E-state index contributed by atoms with van der Waals surface area (Å²) < 4.78 is 61.9. The molecular formula is C20H21N5O6S3. The van der Waals surface area contributed by atoms with E-state index in [0.717, 1.165) is 15.8 Å². The van der Waals surface area contributed by atoms with Crippen molar-refractivity contribution in [2.24, 2.45) is 5.14 Å². The summed E-state index contributed by atoms with van der Waals surface area (Å²) in [4.78, 5) is 4.53. The minimum atomic E-state index is -3.99. The molecule has 34 heavy (non-hydrogen) atoms. The Morgan fingerprint density at radius 3 is 2.56 bits per heavy atom. The Hall–Kier alpha value is -2.75. The molecule has 11 nitrogen and oxygen atoms in total. The molecule has 1 atom stereocenters. The summed E-state index contributed by atoms with van der Waals surface area (Å²) in [6.45, 7) is -0.410. The van der Waals surface area contributed by atoms with E-state index < -0.39 is 25.3 Å². The van der Waals surface area contributed by atoms with Crippen molar-refractivity contribution >= 4 is 41.6 Å². The van der Waals surface area contributed by atoms with Crippen LogP contribution in [-0.4, -0.2) is 51.5 Å². The number of sulfone groups is 1. The minimum absolute atomic E-state index is 0.0319. The van der Waals surface area contributed by atoms with Crippen molar-refractivity contribution < 1.29 is 26.0 Å². The van der Waals surface area contributed by atoms with Gasteiger partial charge in [-0.25, -0.2) is 18.5 Å². The van der Waals surface area contributed by atoms with E-state index in [1.165, 1.54) is 18.4 Å². The van der Waals surface area contributed by atoms with Crippen LogP contribution in [0.5, 0.6) is 0 Å². The van der Waals surface area contributed by atoms with Crippen LogP contribution >= 0.6 is 11.3 Å². The summed E-state index contributed by atoms with van der Waals surface area (Å²) in [5.41, 5.74) is 2.62. The fourth-order valence-electron chi connectivity index (χ4n) is 3.20. The summed E-state index contributed by atoms with van der Waals surface area (Å²) >= 11 is 1.21. The van der Waals surface area contributed by atoms with Gasteiger partial charge in [0.2, 0.25) is 11.8 Å². The molecule has 4 rings (SSSR count). The largest absolute Gasteiger partial charge is 0.422 e. The van der Waals surface area contributed by atoms with Gasteiger partial charge >= 0.3 is 0 Å². The molecule has 0 aliphatic carbocycles. The first-order chi connectivity index (χ1) is 16.2. The number of nitrogens with one attached hydrogen (secondary N) is 1. The lowest BCUT2D eigenvalue weighted by Gasteiger charge is -2.11. The number of benzene rings is 2. The van der Waals surface area contributed by atoms with Crippen LogP contribution in [-0.2, 0) is 31.3 Å². The van der Waals surface area contributed by atoms with Crippen molar-refractivity contribution in [2.45, 2.75) is 11.8 Å². The first-order valence-corrected chi connectivity index (χ1v) is 14.0. The number of thiazole rings is 1. The molecule has 0 radical (unpaired) electrons. The number of ether oxygens (including phenoxy) is 1. The highest BCUT2D eigenvalue weighted by Gasteiger charge is 2.36. The summed E-state index contributed by atoms with van der Waals surface area (Å²) in [7, 11) is -6.46. The van der Waals surface area contributed by atoms with Gasteiger partial charge in [0.1, 0.15) is 5.01 Å². The Morgan fingerprint density at radius 2 is 1.85 bits per heavy atom. The Bertz CT molecular complexity index is 1500. The third-order valence-corrected chi connectivity index (χ3v) is 8.46. The number of nitrogens with two attached hydrogens (primary N) is 1. The summed E-state index contributed by atoms with van der Waals surface area (Å²) in [5.74, 6) is -0.653. The van der Waals surface area contributed by atoms with Gasteiger partial charge in [-0.05, 0) is 23.3 Å².